The molecule has 0 saturated heterocycles. The van der Waals surface area contributed by atoms with Crippen molar-refractivity contribution in [3.8, 4) is 0 Å². The number of carboxylic acids is 1. The number of hydrogen-bond donors (Lipinski definition) is 2. The number of nitrogens with one attached hydrogen (secondary N) is 1. The molecule has 0 fully saturated rings. The van der Waals surface area contributed by atoms with Crippen LogP contribution < -0.4 is 5.32 Å². The van der Waals surface area contributed by atoms with Gasteiger partial charge in [0.25, 0.3) is 5.91 Å². The van der Waals surface area contributed by atoms with E-state index in [0.717, 1.165) is 6.07 Å². The monoisotopic (exact) mass is 406 g/mol. The SMILES string of the molecule is CCC(C(=O)O)c1cc(Cl)c(NC(=O)c2cn(C)c3cccc(F)c23)cc1F. The van der Waals surface area contributed by atoms with Crippen LogP contribution in [0.4, 0.5) is 14.5 Å². The van der Waals surface area contributed by atoms with E-state index in [9.17, 15) is 23.5 Å². The lowest BCUT2D eigenvalue weighted by Gasteiger charge is -2.14. The van der Waals surface area contributed by atoms with Crippen molar-refractivity contribution in [3.05, 3.63) is 64.3 Å². The molecule has 2 N–H and O–H groups in total. The number of aryl methyl sites for hydroxylation is 1. The predicted octanol–water partition coefficient (Wildman–Crippen LogP) is 4.94. The summed E-state index contributed by atoms with van der Waals surface area (Å²) in [5.74, 6) is -4.22. The van der Waals surface area contributed by atoms with E-state index >= 15 is 0 Å². The number of hydrogen-bond acceptors (Lipinski definition) is 2. The van der Waals surface area contributed by atoms with Crippen LogP contribution in [0.15, 0.2) is 36.5 Å². The summed E-state index contributed by atoms with van der Waals surface area (Å²) in [6.07, 6.45) is 1.66. The predicted molar refractivity (Wildman–Crippen MR) is 103 cm³/mol. The molecule has 28 heavy (non-hydrogen) atoms. The molecule has 0 radical (unpaired) electrons. The molecule has 1 atom stereocenters. The number of rotatable bonds is 5. The molecule has 1 unspecified atom stereocenters. The summed E-state index contributed by atoms with van der Waals surface area (Å²) < 4.78 is 30.3. The van der Waals surface area contributed by atoms with E-state index in [2.05, 4.69) is 5.32 Å². The van der Waals surface area contributed by atoms with Gasteiger partial charge in [-0.3, -0.25) is 9.59 Å². The van der Waals surface area contributed by atoms with Crippen LogP contribution in [0.1, 0.15) is 35.2 Å². The summed E-state index contributed by atoms with van der Waals surface area (Å²) in [5, 5.41) is 11.8. The molecule has 3 aromatic rings. The maximum Gasteiger partial charge on any atom is 0.311 e. The van der Waals surface area contributed by atoms with Gasteiger partial charge >= 0.3 is 5.97 Å². The quantitative estimate of drug-likeness (QED) is 0.630. The first kappa shape index (κ1) is 19.8. The van der Waals surface area contributed by atoms with Crippen LogP contribution >= 0.6 is 11.6 Å². The Morgan fingerprint density at radius 3 is 2.61 bits per heavy atom. The first-order valence-corrected chi connectivity index (χ1v) is 8.89. The zero-order valence-electron chi connectivity index (χ0n) is 15.1. The second kappa shape index (κ2) is 7.59. The lowest BCUT2D eigenvalue weighted by molar-refractivity contribution is -0.138. The average molecular weight is 407 g/mol. The molecule has 1 aromatic heterocycles. The Morgan fingerprint density at radius 1 is 1.25 bits per heavy atom. The van der Waals surface area contributed by atoms with Gasteiger partial charge in [-0.25, -0.2) is 8.78 Å². The molecule has 8 heteroatoms. The molecule has 5 nitrogen and oxygen atoms in total. The third kappa shape index (κ3) is 3.45. The minimum atomic E-state index is -1.17. The van der Waals surface area contributed by atoms with Crippen molar-refractivity contribution in [1.82, 2.24) is 4.57 Å². The third-order valence-corrected chi connectivity index (χ3v) is 4.94. The second-order valence-electron chi connectivity index (χ2n) is 6.39. The normalized spacial score (nSPS) is 12.2. The Hall–Kier alpha value is -2.93. The summed E-state index contributed by atoms with van der Waals surface area (Å²) in [5.41, 5.74) is 0.522. The molecule has 0 bridgehead atoms. The Balaban J connectivity index is 1.98. The number of carbonyl (C=O) groups excluding carboxylic acids is 1. The summed E-state index contributed by atoms with van der Waals surface area (Å²) in [7, 11) is 1.68. The van der Waals surface area contributed by atoms with E-state index < -0.39 is 29.4 Å². The number of carboxylic acid groups (broad SMARTS) is 1. The van der Waals surface area contributed by atoms with Gasteiger partial charge in [-0.1, -0.05) is 24.6 Å². The fourth-order valence-electron chi connectivity index (χ4n) is 3.22. The zero-order chi connectivity index (χ0) is 20.6. The first-order chi connectivity index (χ1) is 13.2. The highest BCUT2D eigenvalue weighted by atomic mass is 35.5. The lowest BCUT2D eigenvalue weighted by atomic mass is 9.96. The topological polar surface area (TPSA) is 71.3 Å². The molecular weight excluding hydrogens is 390 g/mol. The van der Waals surface area contributed by atoms with Crippen molar-refractivity contribution >= 4 is 40.1 Å². The van der Waals surface area contributed by atoms with E-state index in [4.69, 9.17) is 11.6 Å². The molecule has 0 aliphatic heterocycles. The van der Waals surface area contributed by atoms with Crippen LogP contribution in [0.3, 0.4) is 0 Å². The van der Waals surface area contributed by atoms with Crippen molar-refractivity contribution in [2.45, 2.75) is 19.3 Å². The lowest BCUT2D eigenvalue weighted by Crippen LogP contribution is -2.15. The van der Waals surface area contributed by atoms with Gasteiger partial charge in [-0.2, -0.15) is 0 Å². The number of carbonyl (C=O) groups is 2. The summed E-state index contributed by atoms with van der Waals surface area (Å²) >= 11 is 6.14. The molecule has 2 aromatic carbocycles. The third-order valence-electron chi connectivity index (χ3n) is 4.62. The highest BCUT2D eigenvalue weighted by Gasteiger charge is 2.24. The second-order valence-corrected chi connectivity index (χ2v) is 6.80. The average Bonchev–Trinajstić information content (AvgIpc) is 2.98. The Kier molecular flexibility index (Phi) is 5.38. The summed E-state index contributed by atoms with van der Waals surface area (Å²) in [4.78, 5) is 24.0. The number of aliphatic carboxylic acids is 1. The molecule has 1 amide bonds. The smallest absolute Gasteiger partial charge is 0.311 e. The molecule has 0 spiro atoms. The molecule has 146 valence electrons. The largest absolute Gasteiger partial charge is 0.481 e. The molecule has 3 rings (SSSR count). The van der Waals surface area contributed by atoms with Gasteiger partial charge in [-0.15, -0.1) is 0 Å². The number of fused-ring (bicyclic) bond motifs is 1. The Labute approximate surface area is 164 Å². The number of aromatic nitrogens is 1. The van der Waals surface area contributed by atoms with Crippen molar-refractivity contribution in [1.29, 1.82) is 0 Å². The molecular formula is C20H17ClF2N2O3. The van der Waals surface area contributed by atoms with Crippen molar-refractivity contribution in [2.24, 2.45) is 7.05 Å². The summed E-state index contributed by atoms with van der Waals surface area (Å²) in [6, 6.07) is 6.63. The number of anilines is 1. The highest BCUT2D eigenvalue weighted by Crippen LogP contribution is 2.32. The Bertz CT molecular complexity index is 1090. The van der Waals surface area contributed by atoms with Crippen LogP contribution in [-0.2, 0) is 11.8 Å². The number of halogens is 3. The van der Waals surface area contributed by atoms with E-state index in [1.807, 2.05) is 0 Å². The van der Waals surface area contributed by atoms with Gasteiger partial charge in [0.05, 0.1) is 27.7 Å². The van der Waals surface area contributed by atoms with Gasteiger partial charge in [0.1, 0.15) is 11.6 Å². The Morgan fingerprint density at radius 2 is 1.96 bits per heavy atom. The van der Waals surface area contributed by atoms with Crippen molar-refractivity contribution in [2.75, 3.05) is 5.32 Å². The molecule has 1 heterocycles. The summed E-state index contributed by atoms with van der Waals surface area (Å²) in [6.45, 7) is 1.62. The number of amides is 1. The van der Waals surface area contributed by atoms with Crippen LogP contribution in [0, 0.1) is 11.6 Å². The standard InChI is InChI=1S/C20H17ClF2N2O3/c1-3-10(20(27)28)11-7-13(21)16(8-15(11)23)24-19(26)12-9-25(2)17-6-4-5-14(22)18(12)17/h4-10H,3H2,1-2H3,(H,24,26)(H,27,28). The molecule has 0 aliphatic carbocycles. The maximum absolute atomic E-state index is 14.5. The fourth-order valence-corrected chi connectivity index (χ4v) is 3.43. The minimum absolute atomic E-state index is 0.00911. The minimum Gasteiger partial charge on any atom is -0.481 e. The van der Waals surface area contributed by atoms with Crippen LogP contribution in [0.5, 0.6) is 0 Å². The number of nitrogens with zero attached hydrogens (tertiary/aromatic N) is 1. The van der Waals surface area contributed by atoms with E-state index in [0.29, 0.717) is 5.52 Å². The van der Waals surface area contributed by atoms with E-state index in [1.54, 1.807) is 24.6 Å². The van der Waals surface area contributed by atoms with Crippen LogP contribution in [0.25, 0.3) is 10.9 Å². The van der Waals surface area contributed by atoms with Gasteiger partial charge < -0.3 is 15.0 Å². The molecule has 0 aliphatic rings. The van der Waals surface area contributed by atoms with Gasteiger partial charge in [-0.05, 0) is 30.7 Å². The van der Waals surface area contributed by atoms with Gasteiger partial charge in [0, 0.05) is 24.2 Å². The fraction of sp³-hybridized carbons (Fsp3) is 0.200. The molecule has 0 saturated carbocycles. The highest BCUT2D eigenvalue weighted by molar-refractivity contribution is 6.34. The first-order valence-electron chi connectivity index (χ1n) is 8.51. The van der Waals surface area contributed by atoms with Crippen molar-refractivity contribution in [3.63, 3.8) is 0 Å². The van der Waals surface area contributed by atoms with Crippen molar-refractivity contribution < 1.29 is 23.5 Å². The van der Waals surface area contributed by atoms with E-state index in [1.165, 1.54) is 24.4 Å². The zero-order valence-corrected chi connectivity index (χ0v) is 15.8. The van der Waals surface area contributed by atoms with Gasteiger partial charge in [0.15, 0.2) is 0 Å². The van der Waals surface area contributed by atoms with Crippen LogP contribution in [-0.4, -0.2) is 21.6 Å². The maximum atomic E-state index is 14.5. The van der Waals surface area contributed by atoms with E-state index in [-0.39, 0.29) is 33.6 Å². The van der Waals surface area contributed by atoms with Crippen LogP contribution in [0.2, 0.25) is 5.02 Å². The van der Waals surface area contributed by atoms with Gasteiger partial charge in [0.2, 0.25) is 0 Å². The number of benzene rings is 2.